The average Bonchev–Trinajstić information content (AvgIpc) is 2.46. The fourth-order valence-electron chi connectivity index (χ4n) is 1.61. The lowest BCUT2D eigenvalue weighted by molar-refractivity contribution is 0.0690. The van der Waals surface area contributed by atoms with Gasteiger partial charge in [0.15, 0.2) is 5.69 Å². The first-order valence-electron chi connectivity index (χ1n) is 5.43. The third kappa shape index (κ3) is 2.62. The summed E-state index contributed by atoms with van der Waals surface area (Å²) in [4.78, 5) is 18.8. The van der Waals surface area contributed by atoms with E-state index in [1.54, 1.807) is 25.3 Å². The minimum absolute atomic E-state index is 0.115. The number of carboxylic acid groups (broad SMARTS) is 1. The summed E-state index contributed by atoms with van der Waals surface area (Å²) in [6, 6.07) is 5.19. The Morgan fingerprint density at radius 2 is 2.00 bits per heavy atom. The molecule has 0 saturated heterocycles. The Bertz CT molecular complexity index is 613. The second-order valence-electron chi connectivity index (χ2n) is 3.66. The molecule has 0 aliphatic heterocycles. The van der Waals surface area contributed by atoms with E-state index in [4.69, 9.17) is 14.6 Å². The predicted octanol–water partition coefficient (Wildman–Crippen LogP) is 1.86. The molecule has 1 heterocycles. The smallest absolute Gasteiger partial charge is 0.356 e. The van der Waals surface area contributed by atoms with E-state index in [9.17, 15) is 4.79 Å². The van der Waals surface area contributed by atoms with Crippen LogP contribution in [0.15, 0.2) is 30.6 Å². The second kappa shape index (κ2) is 5.34. The molecular weight excluding hydrogens is 248 g/mol. The summed E-state index contributed by atoms with van der Waals surface area (Å²) in [5.41, 5.74) is 0.966. The van der Waals surface area contributed by atoms with Crippen LogP contribution in [0.1, 0.15) is 10.5 Å². The normalized spacial score (nSPS) is 10.0. The van der Waals surface area contributed by atoms with Gasteiger partial charge in [-0.2, -0.15) is 0 Å². The molecule has 1 N–H and O–H groups in total. The summed E-state index contributed by atoms with van der Waals surface area (Å²) in [6.07, 6.45) is 2.68. The zero-order valence-corrected chi connectivity index (χ0v) is 10.5. The van der Waals surface area contributed by atoms with E-state index in [0.717, 1.165) is 0 Å². The Kier molecular flexibility index (Phi) is 3.61. The number of hydrogen-bond acceptors (Lipinski definition) is 5. The molecule has 19 heavy (non-hydrogen) atoms. The van der Waals surface area contributed by atoms with Crippen LogP contribution in [-0.2, 0) is 0 Å². The highest BCUT2D eigenvalue weighted by Crippen LogP contribution is 2.31. The van der Waals surface area contributed by atoms with Gasteiger partial charge in [0.2, 0.25) is 0 Å². The zero-order valence-electron chi connectivity index (χ0n) is 10.5. The number of carbonyl (C=O) groups is 1. The van der Waals surface area contributed by atoms with Gasteiger partial charge in [0.1, 0.15) is 11.5 Å². The monoisotopic (exact) mass is 260 g/mol. The van der Waals surface area contributed by atoms with E-state index in [1.807, 2.05) is 0 Å². The van der Waals surface area contributed by atoms with Gasteiger partial charge in [-0.15, -0.1) is 0 Å². The van der Waals surface area contributed by atoms with Gasteiger partial charge in [-0.05, 0) is 12.1 Å². The molecular formula is C13H12N2O4. The number of methoxy groups -OCH3 is 2. The van der Waals surface area contributed by atoms with Gasteiger partial charge < -0.3 is 14.6 Å². The van der Waals surface area contributed by atoms with Crippen molar-refractivity contribution in [3.05, 3.63) is 36.3 Å². The predicted molar refractivity (Wildman–Crippen MR) is 67.5 cm³/mol. The SMILES string of the molecule is COc1ccc(-c2cncc(C(=O)O)n2)c(OC)c1. The number of hydrogen-bond donors (Lipinski definition) is 1. The number of aromatic carboxylic acids is 1. The van der Waals surface area contributed by atoms with Crippen molar-refractivity contribution in [3.8, 4) is 22.8 Å². The van der Waals surface area contributed by atoms with Crippen molar-refractivity contribution in [2.75, 3.05) is 14.2 Å². The van der Waals surface area contributed by atoms with Crippen molar-refractivity contribution in [1.29, 1.82) is 0 Å². The fourth-order valence-corrected chi connectivity index (χ4v) is 1.61. The summed E-state index contributed by atoms with van der Waals surface area (Å²) in [5.74, 6) is 0.0564. The maximum Gasteiger partial charge on any atom is 0.356 e. The molecule has 6 nitrogen and oxygen atoms in total. The van der Waals surface area contributed by atoms with Crippen LogP contribution >= 0.6 is 0 Å². The molecule has 0 aliphatic rings. The average molecular weight is 260 g/mol. The molecule has 6 heteroatoms. The number of benzene rings is 1. The molecule has 0 saturated carbocycles. The maximum atomic E-state index is 10.9. The van der Waals surface area contributed by atoms with Crippen LogP contribution in [0.4, 0.5) is 0 Å². The van der Waals surface area contributed by atoms with E-state index in [1.165, 1.54) is 19.5 Å². The highest BCUT2D eigenvalue weighted by Gasteiger charge is 2.12. The second-order valence-corrected chi connectivity index (χ2v) is 3.66. The summed E-state index contributed by atoms with van der Waals surface area (Å²) in [6.45, 7) is 0. The summed E-state index contributed by atoms with van der Waals surface area (Å²) >= 11 is 0. The van der Waals surface area contributed by atoms with Crippen molar-refractivity contribution in [2.24, 2.45) is 0 Å². The van der Waals surface area contributed by atoms with Crippen molar-refractivity contribution in [3.63, 3.8) is 0 Å². The van der Waals surface area contributed by atoms with Gasteiger partial charge in [0.25, 0.3) is 0 Å². The van der Waals surface area contributed by atoms with E-state index < -0.39 is 5.97 Å². The van der Waals surface area contributed by atoms with Gasteiger partial charge in [0.05, 0.1) is 32.3 Å². The number of nitrogens with zero attached hydrogens (tertiary/aromatic N) is 2. The van der Waals surface area contributed by atoms with Crippen LogP contribution in [0.2, 0.25) is 0 Å². The first-order chi connectivity index (χ1) is 9.15. The molecule has 0 fully saturated rings. The Morgan fingerprint density at radius 3 is 2.63 bits per heavy atom. The van der Waals surface area contributed by atoms with Gasteiger partial charge in [-0.3, -0.25) is 4.98 Å². The van der Waals surface area contributed by atoms with E-state index in [-0.39, 0.29) is 5.69 Å². The van der Waals surface area contributed by atoms with Crippen molar-refractivity contribution in [1.82, 2.24) is 9.97 Å². The van der Waals surface area contributed by atoms with Crippen molar-refractivity contribution in [2.45, 2.75) is 0 Å². The topological polar surface area (TPSA) is 81.5 Å². The number of aromatic nitrogens is 2. The summed E-state index contributed by atoms with van der Waals surface area (Å²) < 4.78 is 10.3. The van der Waals surface area contributed by atoms with Crippen LogP contribution < -0.4 is 9.47 Å². The number of ether oxygens (including phenoxy) is 2. The minimum atomic E-state index is -1.12. The van der Waals surface area contributed by atoms with Gasteiger partial charge in [-0.1, -0.05) is 0 Å². The third-order valence-electron chi connectivity index (χ3n) is 2.54. The molecule has 0 unspecified atom stereocenters. The molecule has 98 valence electrons. The van der Waals surface area contributed by atoms with Crippen molar-refractivity contribution < 1.29 is 19.4 Å². The molecule has 0 atom stereocenters. The largest absolute Gasteiger partial charge is 0.497 e. The molecule has 1 aromatic carbocycles. The highest BCUT2D eigenvalue weighted by molar-refractivity contribution is 5.85. The van der Waals surface area contributed by atoms with Gasteiger partial charge >= 0.3 is 5.97 Å². The summed E-state index contributed by atoms with van der Waals surface area (Å²) in [5, 5.41) is 8.91. The van der Waals surface area contributed by atoms with Crippen LogP contribution in [-0.4, -0.2) is 35.3 Å². The van der Waals surface area contributed by atoms with E-state index in [2.05, 4.69) is 9.97 Å². The Labute approximate surface area is 109 Å². The summed E-state index contributed by atoms with van der Waals surface area (Å²) in [7, 11) is 3.08. The molecule has 0 aliphatic carbocycles. The maximum absolute atomic E-state index is 10.9. The lowest BCUT2D eigenvalue weighted by atomic mass is 10.1. The third-order valence-corrected chi connectivity index (χ3v) is 2.54. The molecule has 2 rings (SSSR count). The fraction of sp³-hybridized carbons (Fsp3) is 0.154. The van der Waals surface area contributed by atoms with Crippen molar-refractivity contribution >= 4 is 5.97 Å². The molecule has 0 bridgehead atoms. The molecule has 2 aromatic rings. The van der Waals surface area contributed by atoms with Gasteiger partial charge in [-0.25, -0.2) is 9.78 Å². The quantitative estimate of drug-likeness (QED) is 0.903. The van der Waals surface area contributed by atoms with Crippen LogP contribution in [0.3, 0.4) is 0 Å². The van der Waals surface area contributed by atoms with Gasteiger partial charge in [0, 0.05) is 11.6 Å². The minimum Gasteiger partial charge on any atom is -0.497 e. The number of rotatable bonds is 4. The molecule has 1 aromatic heterocycles. The Balaban J connectivity index is 2.52. The first kappa shape index (κ1) is 12.8. The molecule has 0 radical (unpaired) electrons. The standard InChI is InChI=1S/C13H12N2O4/c1-18-8-3-4-9(12(5-8)19-2)10-6-14-7-11(15-10)13(16)17/h3-7H,1-2H3,(H,16,17). The molecule has 0 spiro atoms. The lowest BCUT2D eigenvalue weighted by Crippen LogP contribution is -2.02. The number of carboxylic acids is 1. The first-order valence-corrected chi connectivity index (χ1v) is 5.43. The Morgan fingerprint density at radius 1 is 1.21 bits per heavy atom. The van der Waals surface area contributed by atoms with Crippen LogP contribution in [0.5, 0.6) is 11.5 Å². The Hall–Kier alpha value is -2.63. The zero-order chi connectivity index (χ0) is 13.8. The van der Waals surface area contributed by atoms with E-state index >= 15 is 0 Å². The van der Waals surface area contributed by atoms with Crippen LogP contribution in [0.25, 0.3) is 11.3 Å². The molecule has 0 amide bonds. The lowest BCUT2D eigenvalue weighted by Gasteiger charge is -2.09. The highest BCUT2D eigenvalue weighted by atomic mass is 16.5. The van der Waals surface area contributed by atoms with E-state index in [0.29, 0.717) is 22.8 Å². The van der Waals surface area contributed by atoms with Crippen LogP contribution in [0, 0.1) is 0 Å².